The van der Waals surface area contributed by atoms with E-state index in [-0.39, 0.29) is 11.3 Å². The van der Waals surface area contributed by atoms with Crippen LogP contribution in [-0.4, -0.2) is 12.1 Å². The predicted octanol–water partition coefficient (Wildman–Crippen LogP) is 7.95. The average Bonchev–Trinajstić information content (AvgIpc) is 3.44. The zero-order valence-electron chi connectivity index (χ0n) is 20.9. The molecule has 0 amide bonds. The van der Waals surface area contributed by atoms with E-state index in [1.807, 2.05) is 13.0 Å². The van der Waals surface area contributed by atoms with Gasteiger partial charge in [0.15, 0.2) is 11.6 Å². The molecule has 1 saturated carbocycles. The highest BCUT2D eigenvalue weighted by molar-refractivity contribution is 5.80. The smallest absolute Gasteiger partial charge is 0.413 e. The Kier molecular flexibility index (Phi) is 7.32. The van der Waals surface area contributed by atoms with Crippen molar-refractivity contribution in [2.45, 2.75) is 33.1 Å². The largest absolute Gasteiger partial charge is 0.454 e. The molecule has 3 unspecified atom stereocenters. The number of hydrogen-bond acceptors (Lipinski definition) is 4. The first-order valence-electron chi connectivity index (χ1n) is 11.9. The Morgan fingerprint density at radius 3 is 2.29 bits per heavy atom. The van der Waals surface area contributed by atoms with Crippen molar-refractivity contribution in [3.05, 3.63) is 101 Å². The third kappa shape index (κ3) is 5.72. The minimum Gasteiger partial charge on any atom is -0.454 e. The minimum absolute atomic E-state index is 0.134. The molecular formula is C30H25F4NO3. The molecule has 0 N–H and O–H groups in total. The summed E-state index contributed by atoms with van der Waals surface area (Å²) >= 11 is 0. The van der Waals surface area contributed by atoms with Crippen LogP contribution in [0.3, 0.4) is 0 Å². The highest BCUT2D eigenvalue weighted by Gasteiger charge is 2.67. The van der Waals surface area contributed by atoms with E-state index in [0.717, 1.165) is 17.7 Å². The summed E-state index contributed by atoms with van der Waals surface area (Å²) in [6, 6.07) is 20.4. The summed E-state index contributed by atoms with van der Waals surface area (Å²) in [5, 5.41) is 9.68. The molecule has 3 aromatic rings. The summed E-state index contributed by atoms with van der Waals surface area (Å²) in [7, 11) is 0. The summed E-state index contributed by atoms with van der Waals surface area (Å²) in [4.78, 5) is 13.1. The van der Waals surface area contributed by atoms with Crippen molar-refractivity contribution in [3.63, 3.8) is 0 Å². The van der Waals surface area contributed by atoms with Crippen LogP contribution in [0.2, 0.25) is 0 Å². The van der Waals surface area contributed by atoms with Crippen LogP contribution >= 0.6 is 0 Å². The molecule has 0 saturated heterocycles. The van der Waals surface area contributed by atoms with Gasteiger partial charge in [0.2, 0.25) is 6.10 Å². The van der Waals surface area contributed by atoms with Gasteiger partial charge in [0.25, 0.3) is 0 Å². The lowest BCUT2D eigenvalue weighted by Crippen LogP contribution is -2.18. The fourth-order valence-corrected chi connectivity index (χ4v) is 4.58. The molecule has 196 valence electrons. The maximum atomic E-state index is 14.3. The Balaban J connectivity index is 1.56. The van der Waals surface area contributed by atoms with Crippen LogP contribution in [-0.2, 0) is 9.53 Å². The Labute approximate surface area is 218 Å². The molecule has 4 nitrogen and oxygen atoms in total. The van der Waals surface area contributed by atoms with Crippen molar-refractivity contribution in [3.8, 4) is 17.6 Å². The number of ether oxygens (including phenoxy) is 2. The fourth-order valence-electron chi connectivity index (χ4n) is 4.58. The molecule has 0 spiro atoms. The molecule has 0 aliphatic heterocycles. The Morgan fingerprint density at radius 1 is 1.03 bits per heavy atom. The van der Waals surface area contributed by atoms with Gasteiger partial charge in [-0.05, 0) is 48.2 Å². The molecule has 1 aliphatic carbocycles. The molecular weight excluding hydrogens is 498 g/mol. The van der Waals surface area contributed by atoms with E-state index in [4.69, 9.17) is 9.47 Å². The van der Waals surface area contributed by atoms with Crippen molar-refractivity contribution in [1.29, 1.82) is 5.26 Å². The van der Waals surface area contributed by atoms with E-state index in [0.29, 0.717) is 11.3 Å². The molecule has 0 bridgehead atoms. The lowest BCUT2D eigenvalue weighted by molar-refractivity contribution is -0.149. The standard InChI is InChI=1S/C30H25F4NO3/c1-18-9-11-19(12-10-18)15-22(30(32,33)34)26-27(29(26,2)3)28(36)38-25(17-35)20-13-14-23(31)24(16-20)37-21-7-5-4-6-8-21/h4-16,25-27H,1-3H3. The molecule has 4 rings (SSSR count). The van der Waals surface area contributed by atoms with Crippen LogP contribution in [0.25, 0.3) is 6.08 Å². The molecule has 38 heavy (non-hydrogen) atoms. The van der Waals surface area contributed by atoms with Gasteiger partial charge < -0.3 is 9.47 Å². The van der Waals surface area contributed by atoms with Gasteiger partial charge in [-0.3, -0.25) is 4.79 Å². The molecule has 0 radical (unpaired) electrons. The first-order chi connectivity index (χ1) is 17.9. The molecule has 1 aliphatic rings. The lowest BCUT2D eigenvalue weighted by atomic mass is 10.00. The van der Waals surface area contributed by atoms with Gasteiger partial charge >= 0.3 is 12.1 Å². The van der Waals surface area contributed by atoms with E-state index in [2.05, 4.69) is 0 Å². The zero-order valence-corrected chi connectivity index (χ0v) is 20.9. The molecule has 0 heterocycles. The minimum atomic E-state index is -4.67. The lowest BCUT2D eigenvalue weighted by Gasteiger charge is -2.15. The topological polar surface area (TPSA) is 59.3 Å². The number of benzene rings is 3. The molecule has 0 aromatic heterocycles. The summed E-state index contributed by atoms with van der Waals surface area (Å²) in [6.45, 7) is 4.95. The number of allylic oxidation sites excluding steroid dienone is 1. The Bertz CT molecular complexity index is 1390. The number of rotatable bonds is 7. The SMILES string of the molecule is Cc1ccc(C=C(C2C(C(=O)OC(C#N)c3ccc(F)c(Oc4ccccc4)c3)C2(C)C)C(F)(F)F)cc1. The van der Waals surface area contributed by atoms with E-state index >= 15 is 0 Å². The fraction of sp³-hybridized carbons (Fsp3) is 0.267. The number of nitriles is 1. The van der Waals surface area contributed by atoms with Crippen LogP contribution < -0.4 is 4.74 Å². The van der Waals surface area contributed by atoms with E-state index in [1.165, 1.54) is 12.1 Å². The average molecular weight is 524 g/mol. The normalized spacial score (nSPS) is 19.3. The van der Waals surface area contributed by atoms with Gasteiger partial charge in [-0.2, -0.15) is 18.4 Å². The van der Waals surface area contributed by atoms with Crippen LogP contribution in [0, 0.1) is 41.3 Å². The van der Waals surface area contributed by atoms with Gasteiger partial charge in [0, 0.05) is 17.1 Å². The number of esters is 1. The van der Waals surface area contributed by atoms with Crippen molar-refractivity contribution in [1.82, 2.24) is 0 Å². The third-order valence-electron chi connectivity index (χ3n) is 6.72. The molecule has 8 heteroatoms. The van der Waals surface area contributed by atoms with Gasteiger partial charge in [0.05, 0.1) is 5.92 Å². The third-order valence-corrected chi connectivity index (χ3v) is 6.72. The maximum absolute atomic E-state index is 14.3. The number of para-hydroxylation sites is 1. The van der Waals surface area contributed by atoms with Gasteiger partial charge in [-0.25, -0.2) is 4.39 Å². The van der Waals surface area contributed by atoms with Crippen molar-refractivity contribution in [2.24, 2.45) is 17.3 Å². The monoisotopic (exact) mass is 523 g/mol. The van der Waals surface area contributed by atoms with Crippen molar-refractivity contribution >= 4 is 12.0 Å². The summed E-state index contributed by atoms with van der Waals surface area (Å²) < 4.78 is 67.5. The number of aryl methyl sites for hydroxylation is 1. The second-order valence-electron chi connectivity index (χ2n) is 9.84. The van der Waals surface area contributed by atoms with Crippen LogP contribution in [0.4, 0.5) is 17.6 Å². The first-order valence-corrected chi connectivity index (χ1v) is 11.9. The summed E-state index contributed by atoms with van der Waals surface area (Å²) in [6.07, 6.45) is -5.08. The second-order valence-corrected chi connectivity index (χ2v) is 9.84. The van der Waals surface area contributed by atoms with Gasteiger partial charge in [-0.15, -0.1) is 0 Å². The number of carbonyl (C=O) groups is 1. The van der Waals surface area contributed by atoms with Crippen LogP contribution in [0.1, 0.15) is 36.6 Å². The Morgan fingerprint density at radius 2 is 1.68 bits per heavy atom. The van der Waals surface area contributed by atoms with Gasteiger partial charge in [-0.1, -0.05) is 67.9 Å². The van der Waals surface area contributed by atoms with E-state index in [9.17, 15) is 27.6 Å². The zero-order chi connectivity index (χ0) is 27.7. The molecule has 1 fully saturated rings. The number of alkyl halides is 3. The maximum Gasteiger partial charge on any atom is 0.413 e. The van der Waals surface area contributed by atoms with Crippen molar-refractivity contribution < 1.29 is 31.8 Å². The summed E-state index contributed by atoms with van der Waals surface area (Å²) in [5.41, 5.74) is -0.473. The number of halogens is 4. The quantitative estimate of drug-likeness (QED) is 0.233. The second kappa shape index (κ2) is 10.3. The number of hydrogen-bond donors (Lipinski definition) is 0. The highest BCUT2D eigenvalue weighted by Crippen LogP contribution is 2.65. The Hall–Kier alpha value is -4.12. The number of carbonyl (C=O) groups excluding carboxylic acids is 1. The predicted molar refractivity (Wildman–Crippen MR) is 133 cm³/mol. The van der Waals surface area contributed by atoms with Crippen LogP contribution in [0.5, 0.6) is 11.5 Å². The van der Waals surface area contributed by atoms with Crippen molar-refractivity contribution in [2.75, 3.05) is 0 Å². The molecule has 3 aromatic carbocycles. The van der Waals surface area contributed by atoms with E-state index in [1.54, 1.807) is 68.4 Å². The highest BCUT2D eigenvalue weighted by atomic mass is 19.4. The van der Waals surface area contributed by atoms with Gasteiger partial charge in [0.1, 0.15) is 11.8 Å². The summed E-state index contributed by atoms with van der Waals surface area (Å²) in [5.74, 6) is -3.72. The molecule has 3 atom stereocenters. The number of nitrogens with zero attached hydrogens (tertiary/aromatic N) is 1. The first kappa shape index (κ1) is 26.9. The van der Waals surface area contributed by atoms with E-state index < -0.39 is 46.9 Å². The van der Waals surface area contributed by atoms with Crippen LogP contribution in [0.15, 0.2) is 78.4 Å².